The number of anilines is 3. The number of fused-ring (bicyclic) bond motifs is 1. The minimum Gasteiger partial charge on any atom is -0.444 e. The second kappa shape index (κ2) is 10.3. The molecule has 11 nitrogen and oxygen atoms in total. The topological polar surface area (TPSA) is 122 Å². The molecule has 196 valence electrons. The maximum Gasteiger partial charge on any atom is 0.407 e. The molecule has 2 aromatic heterocycles. The first-order valence-corrected chi connectivity index (χ1v) is 12.5. The summed E-state index contributed by atoms with van der Waals surface area (Å²) in [5.41, 5.74) is 1.67. The fourth-order valence-electron chi connectivity index (χ4n) is 4.36. The number of pyridine rings is 1. The van der Waals surface area contributed by atoms with Crippen molar-refractivity contribution in [3.8, 4) is 0 Å². The molecule has 0 saturated carbocycles. The van der Waals surface area contributed by atoms with Crippen molar-refractivity contribution in [3.05, 3.63) is 42.1 Å². The van der Waals surface area contributed by atoms with Crippen molar-refractivity contribution in [2.45, 2.75) is 38.8 Å². The van der Waals surface area contributed by atoms with Gasteiger partial charge in [-0.25, -0.2) is 9.78 Å². The Hall–Kier alpha value is -3.86. The number of hydrogen-bond donors (Lipinski definition) is 2. The van der Waals surface area contributed by atoms with Gasteiger partial charge in [-0.2, -0.15) is 4.98 Å². The van der Waals surface area contributed by atoms with Crippen molar-refractivity contribution < 1.29 is 23.5 Å². The fraction of sp³-hybridized carbons (Fsp3) is 0.462. The van der Waals surface area contributed by atoms with Gasteiger partial charge >= 0.3 is 6.09 Å². The molecule has 3 aromatic rings. The SMILES string of the molecule is CC(C)(C)OC(=O)NC1CCN(c2cccc(C(=O)Nc3ccc4nc(N5CCOCC5)oc4c3)n2)C1. The Labute approximate surface area is 215 Å². The maximum absolute atomic E-state index is 13.0. The van der Waals surface area contributed by atoms with Gasteiger partial charge < -0.3 is 34.3 Å². The monoisotopic (exact) mass is 508 g/mol. The van der Waals surface area contributed by atoms with Crippen molar-refractivity contribution in [3.63, 3.8) is 0 Å². The molecule has 0 spiro atoms. The number of rotatable bonds is 5. The normalized spacial score (nSPS) is 18.2. The molecular weight excluding hydrogens is 476 g/mol. The lowest BCUT2D eigenvalue weighted by Crippen LogP contribution is -2.40. The number of oxazole rings is 1. The first-order chi connectivity index (χ1) is 17.7. The summed E-state index contributed by atoms with van der Waals surface area (Å²) in [5, 5.41) is 5.81. The molecule has 5 rings (SSSR count). The van der Waals surface area contributed by atoms with E-state index in [-0.39, 0.29) is 11.9 Å². The lowest BCUT2D eigenvalue weighted by atomic mass is 10.2. The van der Waals surface area contributed by atoms with E-state index < -0.39 is 11.7 Å². The predicted molar refractivity (Wildman–Crippen MR) is 139 cm³/mol. The van der Waals surface area contributed by atoms with Crippen LogP contribution < -0.4 is 20.4 Å². The van der Waals surface area contributed by atoms with Crippen LogP contribution in [0.15, 0.2) is 40.8 Å². The van der Waals surface area contributed by atoms with E-state index in [1.807, 2.05) is 42.7 Å². The number of aromatic nitrogens is 2. The molecule has 1 atom stereocenters. The summed E-state index contributed by atoms with van der Waals surface area (Å²) in [4.78, 5) is 38.3. The van der Waals surface area contributed by atoms with E-state index >= 15 is 0 Å². The van der Waals surface area contributed by atoms with E-state index in [1.165, 1.54) is 0 Å². The summed E-state index contributed by atoms with van der Waals surface area (Å²) in [6.45, 7) is 9.55. The molecule has 37 heavy (non-hydrogen) atoms. The molecule has 11 heteroatoms. The highest BCUT2D eigenvalue weighted by Crippen LogP contribution is 2.26. The molecule has 4 heterocycles. The van der Waals surface area contributed by atoms with Gasteiger partial charge in [0.15, 0.2) is 5.58 Å². The van der Waals surface area contributed by atoms with Crippen LogP contribution in [0.5, 0.6) is 0 Å². The van der Waals surface area contributed by atoms with Gasteiger partial charge in [0.25, 0.3) is 11.9 Å². The van der Waals surface area contributed by atoms with Crippen LogP contribution in [-0.2, 0) is 9.47 Å². The Kier molecular flexibility index (Phi) is 6.88. The zero-order valence-electron chi connectivity index (χ0n) is 21.3. The van der Waals surface area contributed by atoms with Gasteiger partial charge in [0.05, 0.1) is 19.3 Å². The third-order valence-electron chi connectivity index (χ3n) is 6.12. The summed E-state index contributed by atoms with van der Waals surface area (Å²) in [5.74, 6) is 0.360. The highest BCUT2D eigenvalue weighted by molar-refractivity contribution is 6.03. The van der Waals surface area contributed by atoms with Crippen LogP contribution in [0.2, 0.25) is 0 Å². The number of ether oxygens (including phenoxy) is 2. The van der Waals surface area contributed by atoms with Crippen molar-refractivity contribution in [2.24, 2.45) is 0 Å². The van der Waals surface area contributed by atoms with Gasteiger partial charge in [-0.3, -0.25) is 4.79 Å². The van der Waals surface area contributed by atoms with Crippen LogP contribution in [0.25, 0.3) is 11.1 Å². The molecule has 2 aliphatic heterocycles. The minimum atomic E-state index is -0.547. The lowest BCUT2D eigenvalue weighted by Gasteiger charge is -2.24. The third-order valence-corrected chi connectivity index (χ3v) is 6.12. The van der Waals surface area contributed by atoms with E-state index in [4.69, 9.17) is 13.9 Å². The van der Waals surface area contributed by atoms with Gasteiger partial charge in [0, 0.05) is 37.9 Å². The first kappa shape index (κ1) is 24.8. The summed E-state index contributed by atoms with van der Waals surface area (Å²) >= 11 is 0. The summed E-state index contributed by atoms with van der Waals surface area (Å²) in [6.07, 6.45) is 0.335. The van der Waals surface area contributed by atoms with Gasteiger partial charge in [0.2, 0.25) is 0 Å². The smallest absolute Gasteiger partial charge is 0.407 e. The Bertz CT molecular complexity index is 1280. The summed E-state index contributed by atoms with van der Waals surface area (Å²) in [6, 6.07) is 11.2. The number of carbonyl (C=O) groups is 2. The zero-order chi connectivity index (χ0) is 26.0. The average Bonchev–Trinajstić information content (AvgIpc) is 3.50. The van der Waals surface area contributed by atoms with Crippen molar-refractivity contribution in [1.82, 2.24) is 15.3 Å². The van der Waals surface area contributed by atoms with E-state index in [9.17, 15) is 9.59 Å². The van der Waals surface area contributed by atoms with Gasteiger partial charge in [0.1, 0.15) is 22.6 Å². The number of carbonyl (C=O) groups excluding carboxylic acids is 2. The number of alkyl carbamates (subject to hydrolysis) is 1. The third kappa shape index (κ3) is 6.11. The quantitative estimate of drug-likeness (QED) is 0.534. The molecule has 1 aromatic carbocycles. The zero-order valence-corrected chi connectivity index (χ0v) is 21.3. The highest BCUT2D eigenvalue weighted by atomic mass is 16.6. The number of benzene rings is 1. The average molecular weight is 509 g/mol. The van der Waals surface area contributed by atoms with Gasteiger partial charge in [-0.05, 0) is 51.5 Å². The van der Waals surface area contributed by atoms with Gasteiger partial charge in [-0.1, -0.05) is 6.07 Å². The summed E-state index contributed by atoms with van der Waals surface area (Å²) < 4.78 is 16.7. The number of hydrogen-bond acceptors (Lipinski definition) is 9. The van der Waals surface area contributed by atoms with E-state index in [0.29, 0.717) is 55.1 Å². The minimum absolute atomic E-state index is 0.0508. The molecule has 2 amide bonds. The number of morpholine rings is 1. The number of amides is 2. The van der Waals surface area contributed by atoms with E-state index in [0.717, 1.165) is 25.0 Å². The predicted octanol–water partition coefficient (Wildman–Crippen LogP) is 3.42. The Balaban J connectivity index is 1.21. The number of nitrogens with zero attached hydrogens (tertiary/aromatic N) is 4. The van der Waals surface area contributed by atoms with Crippen molar-refractivity contribution >= 4 is 40.6 Å². The Morgan fingerprint density at radius 2 is 1.86 bits per heavy atom. The second-order valence-corrected chi connectivity index (χ2v) is 10.2. The Morgan fingerprint density at radius 3 is 2.65 bits per heavy atom. The van der Waals surface area contributed by atoms with Crippen molar-refractivity contribution in [2.75, 3.05) is 54.5 Å². The lowest BCUT2D eigenvalue weighted by molar-refractivity contribution is 0.0509. The van der Waals surface area contributed by atoms with Crippen LogP contribution in [0.1, 0.15) is 37.7 Å². The first-order valence-electron chi connectivity index (χ1n) is 12.5. The number of nitrogens with one attached hydrogen (secondary N) is 2. The Morgan fingerprint density at radius 1 is 1.05 bits per heavy atom. The van der Waals surface area contributed by atoms with Crippen LogP contribution in [0.3, 0.4) is 0 Å². The molecule has 0 aliphatic carbocycles. The molecule has 2 saturated heterocycles. The molecule has 2 fully saturated rings. The highest BCUT2D eigenvalue weighted by Gasteiger charge is 2.27. The van der Waals surface area contributed by atoms with Crippen LogP contribution in [0.4, 0.5) is 22.3 Å². The van der Waals surface area contributed by atoms with Crippen LogP contribution in [-0.4, -0.2) is 73.0 Å². The van der Waals surface area contributed by atoms with Gasteiger partial charge in [-0.15, -0.1) is 0 Å². The van der Waals surface area contributed by atoms with E-state index in [2.05, 4.69) is 20.6 Å². The molecule has 2 N–H and O–H groups in total. The van der Waals surface area contributed by atoms with E-state index in [1.54, 1.807) is 24.3 Å². The molecule has 2 aliphatic rings. The van der Waals surface area contributed by atoms with Crippen LogP contribution >= 0.6 is 0 Å². The molecule has 1 unspecified atom stereocenters. The summed E-state index contributed by atoms with van der Waals surface area (Å²) in [7, 11) is 0. The standard InChI is InChI=1S/C26H32N6O5/c1-26(2,3)37-25(34)28-18-9-10-32(16-18)22-6-4-5-20(29-22)23(33)27-17-7-8-19-21(15-17)36-24(30-19)31-11-13-35-14-12-31/h4-8,15,18H,9-14,16H2,1-3H3,(H,27,33)(H,28,34). The molecule has 0 bridgehead atoms. The second-order valence-electron chi connectivity index (χ2n) is 10.2. The molecule has 0 radical (unpaired) electrons. The largest absolute Gasteiger partial charge is 0.444 e. The fourth-order valence-corrected chi connectivity index (χ4v) is 4.36. The molecular formula is C26H32N6O5. The maximum atomic E-state index is 13.0. The van der Waals surface area contributed by atoms with Crippen molar-refractivity contribution in [1.29, 1.82) is 0 Å². The van der Waals surface area contributed by atoms with Crippen LogP contribution in [0, 0.1) is 0 Å².